The van der Waals surface area contributed by atoms with Crippen molar-refractivity contribution >= 4 is 17.4 Å². The lowest BCUT2D eigenvalue weighted by Gasteiger charge is -2.19. The fourth-order valence-corrected chi connectivity index (χ4v) is 2.03. The van der Waals surface area contributed by atoms with Crippen LogP contribution in [0.15, 0.2) is 60.7 Å². The van der Waals surface area contributed by atoms with E-state index in [1.807, 2.05) is 48.5 Å². The van der Waals surface area contributed by atoms with Crippen molar-refractivity contribution < 1.29 is 4.79 Å². The lowest BCUT2D eigenvalue weighted by Crippen LogP contribution is -2.31. The third kappa shape index (κ3) is 5.18. The second kappa shape index (κ2) is 7.94. The Bertz CT molecular complexity index is 542. The van der Waals surface area contributed by atoms with E-state index in [9.17, 15) is 4.79 Å². The third-order valence-corrected chi connectivity index (χ3v) is 3.18. The van der Waals surface area contributed by atoms with E-state index in [4.69, 9.17) is 0 Å². The van der Waals surface area contributed by atoms with Crippen molar-refractivity contribution in [2.75, 3.05) is 30.4 Å². The summed E-state index contributed by atoms with van der Waals surface area (Å²) in [6.45, 7) is 1.55. The van der Waals surface area contributed by atoms with Crippen LogP contribution in [-0.4, -0.2) is 26.2 Å². The highest BCUT2D eigenvalue weighted by molar-refractivity contribution is 5.89. The average molecular weight is 283 g/mol. The summed E-state index contributed by atoms with van der Waals surface area (Å²) in [5, 5.41) is 5.66. The SMILES string of the molecule is CN(CCCNC(=O)Nc1ccccc1)c1ccccc1. The Labute approximate surface area is 125 Å². The molecular weight excluding hydrogens is 262 g/mol. The molecule has 4 nitrogen and oxygen atoms in total. The van der Waals surface area contributed by atoms with Gasteiger partial charge in [-0.25, -0.2) is 4.79 Å². The summed E-state index contributed by atoms with van der Waals surface area (Å²) in [4.78, 5) is 13.9. The lowest BCUT2D eigenvalue weighted by atomic mass is 10.3. The Hall–Kier alpha value is -2.49. The van der Waals surface area contributed by atoms with Gasteiger partial charge in [0.05, 0.1) is 0 Å². The predicted octanol–water partition coefficient (Wildman–Crippen LogP) is 3.33. The number of anilines is 2. The first-order chi connectivity index (χ1) is 10.3. The van der Waals surface area contributed by atoms with Crippen molar-refractivity contribution in [1.82, 2.24) is 5.32 Å². The van der Waals surface area contributed by atoms with Gasteiger partial charge in [-0.05, 0) is 30.7 Å². The molecular formula is C17H21N3O. The molecule has 21 heavy (non-hydrogen) atoms. The topological polar surface area (TPSA) is 44.4 Å². The van der Waals surface area contributed by atoms with Gasteiger partial charge in [0, 0.05) is 31.5 Å². The van der Waals surface area contributed by atoms with Crippen molar-refractivity contribution in [2.24, 2.45) is 0 Å². The molecule has 0 unspecified atom stereocenters. The Morgan fingerprint density at radius 3 is 2.29 bits per heavy atom. The molecule has 0 spiro atoms. The summed E-state index contributed by atoms with van der Waals surface area (Å²) in [5.74, 6) is 0. The van der Waals surface area contributed by atoms with Crippen LogP contribution in [-0.2, 0) is 0 Å². The fourth-order valence-electron chi connectivity index (χ4n) is 2.03. The zero-order valence-electron chi connectivity index (χ0n) is 12.3. The monoisotopic (exact) mass is 283 g/mol. The van der Waals surface area contributed by atoms with Crippen molar-refractivity contribution in [3.8, 4) is 0 Å². The second-order valence-corrected chi connectivity index (χ2v) is 4.86. The summed E-state index contributed by atoms with van der Waals surface area (Å²) in [6, 6.07) is 19.5. The van der Waals surface area contributed by atoms with E-state index in [2.05, 4.69) is 34.7 Å². The molecule has 0 saturated carbocycles. The minimum Gasteiger partial charge on any atom is -0.375 e. The molecule has 0 aliphatic carbocycles. The van der Waals surface area contributed by atoms with Crippen molar-refractivity contribution in [3.05, 3.63) is 60.7 Å². The molecule has 0 aliphatic heterocycles. The molecule has 0 fully saturated rings. The number of amides is 2. The van der Waals surface area contributed by atoms with Gasteiger partial charge >= 0.3 is 6.03 Å². The normalized spacial score (nSPS) is 9.95. The van der Waals surface area contributed by atoms with Gasteiger partial charge in [0.2, 0.25) is 0 Å². The van der Waals surface area contributed by atoms with E-state index in [-0.39, 0.29) is 6.03 Å². The number of carbonyl (C=O) groups is 1. The molecule has 2 aromatic carbocycles. The molecule has 4 heteroatoms. The first-order valence-corrected chi connectivity index (χ1v) is 7.12. The highest BCUT2D eigenvalue weighted by atomic mass is 16.2. The van der Waals surface area contributed by atoms with E-state index in [1.54, 1.807) is 0 Å². The van der Waals surface area contributed by atoms with Crippen LogP contribution in [0.1, 0.15) is 6.42 Å². The molecule has 0 aromatic heterocycles. The van der Waals surface area contributed by atoms with E-state index in [1.165, 1.54) is 5.69 Å². The summed E-state index contributed by atoms with van der Waals surface area (Å²) in [5.41, 5.74) is 1.99. The highest BCUT2D eigenvalue weighted by Gasteiger charge is 2.02. The summed E-state index contributed by atoms with van der Waals surface area (Å²) < 4.78 is 0. The van der Waals surface area contributed by atoms with Crippen molar-refractivity contribution in [1.29, 1.82) is 0 Å². The van der Waals surface area contributed by atoms with Crippen LogP contribution in [0.5, 0.6) is 0 Å². The van der Waals surface area contributed by atoms with Gasteiger partial charge in [-0.2, -0.15) is 0 Å². The summed E-state index contributed by atoms with van der Waals surface area (Å²) in [6.07, 6.45) is 0.896. The maximum atomic E-state index is 11.7. The molecule has 0 saturated heterocycles. The first-order valence-electron chi connectivity index (χ1n) is 7.12. The molecule has 2 rings (SSSR count). The van der Waals surface area contributed by atoms with Crippen LogP contribution in [0.3, 0.4) is 0 Å². The molecule has 2 aromatic rings. The summed E-state index contributed by atoms with van der Waals surface area (Å²) >= 11 is 0. The van der Waals surface area contributed by atoms with Crippen LogP contribution in [0.2, 0.25) is 0 Å². The van der Waals surface area contributed by atoms with Crippen LogP contribution in [0.4, 0.5) is 16.2 Å². The zero-order chi connectivity index (χ0) is 14.9. The third-order valence-electron chi connectivity index (χ3n) is 3.18. The molecule has 2 amide bonds. The molecule has 0 heterocycles. The number of benzene rings is 2. The number of rotatable bonds is 6. The first kappa shape index (κ1) is 14.9. The maximum absolute atomic E-state index is 11.7. The molecule has 0 atom stereocenters. The second-order valence-electron chi connectivity index (χ2n) is 4.86. The number of hydrogen-bond donors (Lipinski definition) is 2. The average Bonchev–Trinajstić information content (AvgIpc) is 2.53. The van der Waals surface area contributed by atoms with Gasteiger partial charge < -0.3 is 15.5 Å². The zero-order valence-corrected chi connectivity index (χ0v) is 12.3. The standard InChI is InChI=1S/C17H21N3O/c1-20(16-11-6-3-7-12-16)14-8-13-18-17(21)19-15-9-4-2-5-10-15/h2-7,9-12H,8,13-14H2,1H3,(H2,18,19,21). The number of urea groups is 1. The predicted molar refractivity (Wildman–Crippen MR) is 87.8 cm³/mol. The van der Waals surface area contributed by atoms with Gasteiger partial charge in [-0.15, -0.1) is 0 Å². The van der Waals surface area contributed by atoms with Crippen molar-refractivity contribution in [2.45, 2.75) is 6.42 Å². The van der Waals surface area contributed by atoms with E-state index < -0.39 is 0 Å². The molecule has 110 valence electrons. The minimum absolute atomic E-state index is 0.163. The Morgan fingerprint density at radius 2 is 1.62 bits per heavy atom. The maximum Gasteiger partial charge on any atom is 0.319 e. The van der Waals surface area contributed by atoms with Gasteiger partial charge in [0.25, 0.3) is 0 Å². The van der Waals surface area contributed by atoms with Gasteiger partial charge in [0.15, 0.2) is 0 Å². The van der Waals surface area contributed by atoms with Gasteiger partial charge in [-0.1, -0.05) is 36.4 Å². The van der Waals surface area contributed by atoms with Crippen LogP contribution in [0.25, 0.3) is 0 Å². The quantitative estimate of drug-likeness (QED) is 0.799. The lowest BCUT2D eigenvalue weighted by molar-refractivity contribution is 0.252. The fraction of sp³-hybridized carbons (Fsp3) is 0.235. The highest BCUT2D eigenvalue weighted by Crippen LogP contribution is 2.10. The Balaban J connectivity index is 1.64. The van der Waals surface area contributed by atoms with Crippen LogP contribution < -0.4 is 15.5 Å². The molecule has 0 radical (unpaired) electrons. The largest absolute Gasteiger partial charge is 0.375 e. The number of nitrogens with zero attached hydrogens (tertiary/aromatic N) is 1. The Kier molecular flexibility index (Phi) is 5.64. The number of carbonyl (C=O) groups excluding carboxylic acids is 1. The van der Waals surface area contributed by atoms with Crippen molar-refractivity contribution in [3.63, 3.8) is 0 Å². The Morgan fingerprint density at radius 1 is 1.00 bits per heavy atom. The minimum atomic E-state index is -0.163. The smallest absolute Gasteiger partial charge is 0.319 e. The molecule has 2 N–H and O–H groups in total. The van der Waals surface area contributed by atoms with Gasteiger partial charge in [0.1, 0.15) is 0 Å². The van der Waals surface area contributed by atoms with E-state index >= 15 is 0 Å². The molecule has 0 aliphatic rings. The van der Waals surface area contributed by atoms with E-state index in [0.717, 1.165) is 18.7 Å². The number of nitrogens with one attached hydrogen (secondary N) is 2. The van der Waals surface area contributed by atoms with Crippen LogP contribution >= 0.6 is 0 Å². The summed E-state index contributed by atoms with van der Waals surface area (Å²) in [7, 11) is 2.05. The number of para-hydroxylation sites is 2. The van der Waals surface area contributed by atoms with Gasteiger partial charge in [-0.3, -0.25) is 0 Å². The van der Waals surface area contributed by atoms with Crippen LogP contribution in [0, 0.1) is 0 Å². The molecule has 0 bridgehead atoms. The number of hydrogen-bond acceptors (Lipinski definition) is 2. The van der Waals surface area contributed by atoms with E-state index in [0.29, 0.717) is 6.54 Å².